The number of pyridine rings is 2. The fraction of sp³-hybridized carbons (Fsp3) is 0.471. The van der Waals surface area contributed by atoms with Crippen molar-refractivity contribution in [3.05, 3.63) is 35.9 Å². The number of nitriles is 1. The Morgan fingerprint density at radius 2 is 1.73 bits per heavy atom. The molecule has 1 saturated carbocycles. The fourth-order valence-electron chi connectivity index (χ4n) is 5.52. The summed E-state index contributed by atoms with van der Waals surface area (Å²) in [7, 11) is 0. The molecular weight excluding hydrogens is 623 g/mol. The van der Waals surface area contributed by atoms with Crippen molar-refractivity contribution in [2.45, 2.75) is 85.0 Å². The molecule has 1 fully saturated rings. The predicted molar refractivity (Wildman–Crippen MR) is 175 cm³/mol. The minimum absolute atomic E-state index is 0.0498. The van der Waals surface area contributed by atoms with Crippen LogP contribution in [0.3, 0.4) is 0 Å². The Kier molecular flexibility index (Phi) is 9.35. The number of benzene rings is 1. The molecule has 14 heteroatoms. The van der Waals surface area contributed by atoms with Crippen molar-refractivity contribution in [2.24, 2.45) is 5.92 Å². The summed E-state index contributed by atoms with van der Waals surface area (Å²) in [6, 6.07) is 5.19. The van der Waals surface area contributed by atoms with Gasteiger partial charge < -0.3 is 18.9 Å². The molecule has 0 atom stereocenters. The second-order valence-electron chi connectivity index (χ2n) is 13.8. The van der Waals surface area contributed by atoms with Crippen molar-refractivity contribution in [1.82, 2.24) is 9.97 Å². The highest BCUT2D eigenvalue weighted by Gasteiger charge is 2.34. The maximum atomic E-state index is 16.6. The van der Waals surface area contributed by atoms with Crippen LogP contribution in [0.1, 0.15) is 66.4 Å². The third-order valence-electron chi connectivity index (χ3n) is 7.66. The van der Waals surface area contributed by atoms with Crippen LogP contribution in [0.25, 0.3) is 21.9 Å². The lowest BCUT2D eigenvalue weighted by Crippen LogP contribution is -2.42. The summed E-state index contributed by atoms with van der Waals surface area (Å²) in [5.74, 6) is -0.259. The number of amides is 3. The lowest BCUT2D eigenvalue weighted by Gasteiger charge is -2.32. The maximum absolute atomic E-state index is 16.6. The SMILES string of the molecule is Cc1c(-c2cc3cc(NC(=O)OC4CC(CC#N)C4)ncc3c(NC(=O)OC(C)(C)C)c2F)cnc2c1N(C(=O)OC(C)(C)C)CCO2. The monoisotopic (exact) mass is 662 g/mol. The van der Waals surface area contributed by atoms with E-state index in [1.807, 2.05) is 0 Å². The molecule has 0 spiro atoms. The van der Waals surface area contributed by atoms with Gasteiger partial charge in [0.25, 0.3) is 0 Å². The Balaban J connectivity index is 1.55. The number of nitrogens with one attached hydrogen (secondary N) is 2. The molecule has 254 valence electrons. The van der Waals surface area contributed by atoms with E-state index >= 15 is 4.39 Å². The normalized spacial score (nSPS) is 17.3. The largest absolute Gasteiger partial charge is 0.474 e. The zero-order chi connectivity index (χ0) is 35.0. The minimum Gasteiger partial charge on any atom is -0.474 e. The average molecular weight is 663 g/mol. The van der Waals surface area contributed by atoms with E-state index < -0.39 is 35.3 Å². The van der Waals surface area contributed by atoms with Gasteiger partial charge in [0.15, 0.2) is 5.82 Å². The number of aromatic nitrogens is 2. The molecule has 48 heavy (non-hydrogen) atoms. The van der Waals surface area contributed by atoms with Crippen molar-refractivity contribution in [1.29, 1.82) is 5.26 Å². The number of carbonyl (C=O) groups excluding carboxylic acids is 3. The number of hydrogen-bond acceptors (Lipinski definition) is 10. The molecule has 1 aromatic carbocycles. The Morgan fingerprint density at radius 3 is 2.40 bits per heavy atom. The molecule has 13 nitrogen and oxygen atoms in total. The van der Waals surface area contributed by atoms with Gasteiger partial charge in [-0.1, -0.05) is 0 Å². The van der Waals surface area contributed by atoms with Gasteiger partial charge in [-0.2, -0.15) is 5.26 Å². The van der Waals surface area contributed by atoms with E-state index in [1.165, 1.54) is 23.4 Å². The number of ether oxygens (including phenoxy) is 4. The Morgan fingerprint density at radius 1 is 1.02 bits per heavy atom. The quantitative estimate of drug-likeness (QED) is 0.262. The Labute approximate surface area is 277 Å². The first-order valence-corrected chi connectivity index (χ1v) is 15.6. The maximum Gasteiger partial charge on any atom is 0.415 e. The molecule has 5 rings (SSSR count). The van der Waals surface area contributed by atoms with Crippen molar-refractivity contribution in [2.75, 3.05) is 28.7 Å². The van der Waals surface area contributed by atoms with Gasteiger partial charge in [0, 0.05) is 35.3 Å². The van der Waals surface area contributed by atoms with Crippen LogP contribution in [-0.4, -0.2) is 58.7 Å². The molecule has 2 aliphatic rings. The standard InChI is InChI=1S/C34H39FN6O7/c1-18-23(16-38-29-28(18)41(10-11-45-29)32(44)48-34(5,6)7)22-14-20-15-25(39-30(42)46-21-12-19(13-21)8-9-36)37-17-24(20)27(26(22)35)40-31(43)47-33(2,3)4/h14-17,19,21H,8,10-13H2,1-7H3,(H,40,43)(H,37,39,42). The van der Waals surface area contributed by atoms with Gasteiger partial charge in [-0.25, -0.2) is 28.7 Å². The van der Waals surface area contributed by atoms with E-state index in [0.29, 0.717) is 41.5 Å². The zero-order valence-electron chi connectivity index (χ0n) is 28.0. The van der Waals surface area contributed by atoms with Gasteiger partial charge in [-0.05, 0) is 90.3 Å². The summed E-state index contributed by atoms with van der Waals surface area (Å²) in [5.41, 5.74) is -0.627. The second kappa shape index (κ2) is 13.1. The molecular formula is C34H39FN6O7. The fourth-order valence-corrected chi connectivity index (χ4v) is 5.52. The molecule has 0 radical (unpaired) electrons. The molecule has 0 unspecified atom stereocenters. The second-order valence-corrected chi connectivity index (χ2v) is 13.8. The first kappa shape index (κ1) is 34.2. The van der Waals surface area contributed by atoms with Gasteiger partial charge >= 0.3 is 18.3 Å². The van der Waals surface area contributed by atoms with Crippen molar-refractivity contribution in [3.63, 3.8) is 0 Å². The summed E-state index contributed by atoms with van der Waals surface area (Å²) in [5, 5.41) is 14.6. The molecule has 3 aromatic rings. The number of fused-ring (bicyclic) bond motifs is 2. The van der Waals surface area contributed by atoms with Crippen LogP contribution in [0.5, 0.6) is 5.88 Å². The highest BCUT2D eigenvalue weighted by molar-refractivity contribution is 6.05. The molecule has 1 aliphatic carbocycles. The first-order valence-electron chi connectivity index (χ1n) is 15.6. The average Bonchev–Trinajstić information content (AvgIpc) is 2.95. The Bertz CT molecular complexity index is 1800. The van der Waals surface area contributed by atoms with Crippen molar-refractivity contribution >= 4 is 46.2 Å². The molecule has 2 aromatic heterocycles. The number of hydrogen-bond donors (Lipinski definition) is 2. The molecule has 1 aliphatic heterocycles. The van der Waals surface area contributed by atoms with Gasteiger partial charge in [0.1, 0.15) is 35.4 Å². The van der Waals surface area contributed by atoms with Crippen LogP contribution >= 0.6 is 0 Å². The van der Waals surface area contributed by atoms with E-state index in [0.717, 1.165) is 0 Å². The number of nitrogens with zero attached hydrogens (tertiary/aromatic N) is 4. The van der Waals surface area contributed by atoms with E-state index in [1.54, 1.807) is 54.5 Å². The lowest BCUT2D eigenvalue weighted by atomic mass is 9.80. The van der Waals surface area contributed by atoms with Crippen molar-refractivity contribution < 1.29 is 37.7 Å². The summed E-state index contributed by atoms with van der Waals surface area (Å²) in [6.45, 7) is 12.4. The number of halogens is 1. The van der Waals surface area contributed by atoms with Crippen LogP contribution in [0.2, 0.25) is 0 Å². The van der Waals surface area contributed by atoms with Gasteiger partial charge in [0.05, 0.1) is 18.3 Å². The van der Waals surface area contributed by atoms with Crippen molar-refractivity contribution in [3.8, 4) is 23.1 Å². The van der Waals surface area contributed by atoms with E-state index in [4.69, 9.17) is 24.2 Å². The summed E-state index contributed by atoms with van der Waals surface area (Å²) >= 11 is 0. The van der Waals surface area contributed by atoms with Gasteiger partial charge in [-0.3, -0.25) is 15.5 Å². The summed E-state index contributed by atoms with van der Waals surface area (Å²) in [6.07, 6.45) is 1.90. The third kappa shape index (κ3) is 7.67. The van der Waals surface area contributed by atoms with E-state index in [9.17, 15) is 14.4 Å². The van der Waals surface area contributed by atoms with Crippen LogP contribution in [-0.2, 0) is 14.2 Å². The molecule has 0 bridgehead atoms. The molecule has 2 N–H and O–H groups in total. The highest BCUT2D eigenvalue weighted by atomic mass is 19.1. The topological polar surface area (TPSA) is 165 Å². The number of carbonyl (C=O) groups is 3. The lowest BCUT2D eigenvalue weighted by molar-refractivity contribution is 0.0264. The molecule has 0 saturated heterocycles. The minimum atomic E-state index is -0.884. The number of rotatable bonds is 5. The third-order valence-corrected chi connectivity index (χ3v) is 7.66. The predicted octanol–water partition coefficient (Wildman–Crippen LogP) is 7.47. The van der Waals surface area contributed by atoms with Gasteiger partial charge in [-0.15, -0.1) is 0 Å². The first-order chi connectivity index (χ1) is 22.5. The molecule has 3 heterocycles. The van der Waals surface area contributed by atoms with E-state index in [2.05, 4.69) is 26.7 Å². The van der Waals surface area contributed by atoms with Crippen LogP contribution in [0, 0.1) is 30.0 Å². The molecule has 3 amide bonds. The van der Waals surface area contributed by atoms with E-state index in [-0.39, 0.29) is 53.5 Å². The van der Waals surface area contributed by atoms with Crippen LogP contribution in [0.15, 0.2) is 24.5 Å². The Hall–Kier alpha value is -5.19. The zero-order valence-corrected chi connectivity index (χ0v) is 28.0. The highest BCUT2D eigenvalue weighted by Crippen LogP contribution is 2.43. The van der Waals surface area contributed by atoms with Crippen LogP contribution in [0.4, 0.5) is 36.0 Å². The number of anilines is 3. The smallest absolute Gasteiger partial charge is 0.415 e. The van der Waals surface area contributed by atoms with Gasteiger partial charge in [0.2, 0.25) is 5.88 Å². The summed E-state index contributed by atoms with van der Waals surface area (Å²) < 4.78 is 38.8. The summed E-state index contributed by atoms with van der Waals surface area (Å²) in [4.78, 5) is 48.8. The van der Waals surface area contributed by atoms with Crippen LogP contribution < -0.4 is 20.3 Å².